The molecule has 0 saturated carbocycles. The zero-order chi connectivity index (χ0) is 20.9. The van der Waals surface area contributed by atoms with Crippen LogP contribution >= 0.6 is 23.4 Å². The van der Waals surface area contributed by atoms with Gasteiger partial charge in [-0.3, -0.25) is 9.36 Å². The topological polar surface area (TPSA) is 82.2 Å². The fraction of sp³-hybridized carbons (Fsp3) is 0.381. The van der Waals surface area contributed by atoms with Crippen molar-refractivity contribution in [3.63, 3.8) is 0 Å². The lowest BCUT2D eigenvalue weighted by atomic mass is 10.2. The third kappa shape index (κ3) is 5.06. The summed E-state index contributed by atoms with van der Waals surface area (Å²) >= 11 is 7.39. The zero-order valence-electron chi connectivity index (χ0n) is 16.6. The Kier molecular flexibility index (Phi) is 6.76. The van der Waals surface area contributed by atoms with Gasteiger partial charge in [0.25, 0.3) is 0 Å². The molecule has 3 aromatic rings. The van der Waals surface area contributed by atoms with E-state index >= 15 is 0 Å². The molecule has 158 valence electrons. The van der Waals surface area contributed by atoms with E-state index in [1.165, 1.54) is 11.8 Å². The quantitative estimate of drug-likeness (QED) is 0.526. The van der Waals surface area contributed by atoms with Gasteiger partial charge in [0.15, 0.2) is 11.0 Å². The summed E-state index contributed by atoms with van der Waals surface area (Å²) in [5, 5.41) is 12.7. The molecule has 4 rings (SSSR count). The first kappa shape index (κ1) is 21.0. The number of nitrogens with zero attached hydrogens (tertiary/aromatic N) is 3. The highest BCUT2D eigenvalue weighted by Gasteiger charge is 2.23. The second-order valence-electron chi connectivity index (χ2n) is 7.12. The molecule has 3 heterocycles. The molecule has 9 heteroatoms. The number of hydrogen-bond acceptors (Lipinski definition) is 6. The number of ether oxygens (including phenoxy) is 1. The van der Waals surface area contributed by atoms with Crippen molar-refractivity contribution in [3.8, 4) is 11.4 Å². The van der Waals surface area contributed by atoms with Crippen molar-refractivity contribution in [3.05, 3.63) is 53.4 Å². The van der Waals surface area contributed by atoms with Crippen LogP contribution in [0.4, 0.5) is 0 Å². The third-order valence-electron chi connectivity index (χ3n) is 4.89. The highest BCUT2D eigenvalue weighted by atomic mass is 35.5. The summed E-state index contributed by atoms with van der Waals surface area (Å²) in [4.78, 5) is 12.6. The summed E-state index contributed by atoms with van der Waals surface area (Å²) in [6.07, 6.45) is 3.79. The molecular formula is C21H23ClN4O3S. The number of furan rings is 1. The first-order valence-corrected chi connectivity index (χ1v) is 11.1. The monoisotopic (exact) mass is 446 g/mol. The molecule has 2 aromatic heterocycles. The van der Waals surface area contributed by atoms with E-state index in [0.717, 1.165) is 30.8 Å². The van der Waals surface area contributed by atoms with Gasteiger partial charge in [-0.2, -0.15) is 0 Å². The molecule has 0 radical (unpaired) electrons. The van der Waals surface area contributed by atoms with Crippen LogP contribution < -0.4 is 5.32 Å². The first-order valence-electron chi connectivity index (χ1n) is 9.87. The van der Waals surface area contributed by atoms with Crippen LogP contribution in [-0.2, 0) is 16.1 Å². The highest BCUT2D eigenvalue weighted by Crippen LogP contribution is 2.28. The largest absolute Gasteiger partial charge is 0.467 e. The Morgan fingerprint density at radius 2 is 2.17 bits per heavy atom. The Bertz CT molecular complexity index is 969. The van der Waals surface area contributed by atoms with Crippen molar-refractivity contribution >= 4 is 29.3 Å². The first-order chi connectivity index (χ1) is 14.6. The molecule has 0 bridgehead atoms. The van der Waals surface area contributed by atoms with E-state index < -0.39 is 0 Å². The maximum atomic E-state index is 12.6. The number of rotatable bonds is 8. The predicted molar refractivity (Wildman–Crippen MR) is 116 cm³/mol. The molecule has 1 aromatic carbocycles. The number of aromatic nitrogens is 3. The highest BCUT2D eigenvalue weighted by molar-refractivity contribution is 8.00. The second-order valence-corrected chi connectivity index (χ2v) is 8.86. The molecule has 0 spiro atoms. The number of benzene rings is 1. The second kappa shape index (κ2) is 9.68. The summed E-state index contributed by atoms with van der Waals surface area (Å²) in [6.45, 7) is 3.64. The van der Waals surface area contributed by atoms with Gasteiger partial charge in [-0.15, -0.1) is 10.2 Å². The van der Waals surface area contributed by atoms with Gasteiger partial charge in [-0.25, -0.2) is 0 Å². The lowest BCUT2D eigenvalue weighted by molar-refractivity contribution is -0.120. The van der Waals surface area contributed by atoms with Crippen molar-refractivity contribution in [2.24, 2.45) is 0 Å². The fourth-order valence-electron chi connectivity index (χ4n) is 3.26. The Balaban J connectivity index is 1.51. The molecule has 0 unspecified atom stereocenters. The summed E-state index contributed by atoms with van der Waals surface area (Å²) in [7, 11) is 0. The van der Waals surface area contributed by atoms with E-state index in [1.54, 1.807) is 6.26 Å². The van der Waals surface area contributed by atoms with Crippen molar-refractivity contribution in [1.82, 2.24) is 20.1 Å². The lowest BCUT2D eigenvalue weighted by Gasteiger charge is -2.15. The van der Waals surface area contributed by atoms with E-state index in [-0.39, 0.29) is 17.3 Å². The van der Waals surface area contributed by atoms with Gasteiger partial charge < -0.3 is 14.5 Å². The summed E-state index contributed by atoms with van der Waals surface area (Å²) in [5.41, 5.74) is 0.890. The molecule has 1 aliphatic rings. The molecule has 0 aliphatic carbocycles. The molecule has 1 amide bonds. The van der Waals surface area contributed by atoms with Crippen LogP contribution in [0.2, 0.25) is 5.02 Å². The Morgan fingerprint density at radius 1 is 1.33 bits per heavy atom. The van der Waals surface area contributed by atoms with Crippen molar-refractivity contribution in [1.29, 1.82) is 0 Å². The minimum Gasteiger partial charge on any atom is -0.467 e. The minimum atomic E-state index is -0.330. The van der Waals surface area contributed by atoms with Crippen LogP contribution in [0, 0.1) is 0 Å². The van der Waals surface area contributed by atoms with Crippen LogP contribution in [0.15, 0.2) is 52.2 Å². The SMILES string of the molecule is C[C@@H](Sc1nnc(-c2ccc(Cl)cc2)n1Cc1ccco1)C(=O)NC[C@H]1CCCO1. The number of amides is 1. The average molecular weight is 447 g/mol. The molecule has 1 aliphatic heterocycles. The summed E-state index contributed by atoms with van der Waals surface area (Å²) in [6, 6.07) is 11.2. The van der Waals surface area contributed by atoms with Crippen LogP contribution in [0.3, 0.4) is 0 Å². The molecule has 30 heavy (non-hydrogen) atoms. The predicted octanol–water partition coefficient (Wildman–Crippen LogP) is 4.02. The van der Waals surface area contributed by atoms with Gasteiger partial charge >= 0.3 is 0 Å². The zero-order valence-corrected chi connectivity index (χ0v) is 18.2. The number of hydrogen-bond donors (Lipinski definition) is 1. The standard InChI is InChI=1S/C21H23ClN4O3S/c1-14(20(27)23-12-17-4-2-10-28-17)30-21-25-24-19(15-6-8-16(22)9-7-15)26(21)13-18-5-3-11-29-18/h3,5-9,11,14,17H,2,4,10,12-13H2,1H3,(H,23,27)/t14-,17-/m1/s1. The number of halogens is 1. The van der Waals surface area contributed by atoms with Crippen molar-refractivity contribution < 1.29 is 13.9 Å². The van der Waals surface area contributed by atoms with Crippen molar-refractivity contribution in [2.45, 2.75) is 42.8 Å². The summed E-state index contributed by atoms with van der Waals surface area (Å²) < 4.78 is 13.0. The normalized spacial score (nSPS) is 17.2. The number of thioether (sulfide) groups is 1. The fourth-order valence-corrected chi connectivity index (χ4v) is 4.26. The van der Waals surface area contributed by atoms with Gasteiger partial charge in [0, 0.05) is 23.7 Å². The van der Waals surface area contributed by atoms with Gasteiger partial charge in [0.1, 0.15) is 5.76 Å². The maximum absolute atomic E-state index is 12.6. The molecule has 7 nitrogen and oxygen atoms in total. The number of nitrogens with one attached hydrogen (secondary N) is 1. The lowest BCUT2D eigenvalue weighted by Crippen LogP contribution is -2.36. The maximum Gasteiger partial charge on any atom is 0.233 e. The van der Waals surface area contributed by atoms with E-state index in [0.29, 0.717) is 29.1 Å². The Hall–Kier alpha value is -2.29. The van der Waals surface area contributed by atoms with Crippen LogP contribution in [0.1, 0.15) is 25.5 Å². The number of carbonyl (C=O) groups is 1. The van der Waals surface area contributed by atoms with Crippen molar-refractivity contribution in [2.75, 3.05) is 13.2 Å². The van der Waals surface area contributed by atoms with Crippen LogP contribution in [-0.4, -0.2) is 45.2 Å². The molecule has 1 fully saturated rings. The van der Waals surface area contributed by atoms with Crippen LogP contribution in [0.25, 0.3) is 11.4 Å². The summed E-state index contributed by atoms with van der Waals surface area (Å²) in [5.74, 6) is 1.43. The molecule has 1 saturated heterocycles. The average Bonchev–Trinajstić information content (AvgIpc) is 3.51. The molecular weight excluding hydrogens is 424 g/mol. The van der Waals surface area contributed by atoms with Gasteiger partial charge in [0.2, 0.25) is 5.91 Å². The minimum absolute atomic E-state index is 0.0453. The van der Waals surface area contributed by atoms with E-state index in [1.807, 2.05) is 47.9 Å². The van der Waals surface area contributed by atoms with Gasteiger partial charge in [-0.1, -0.05) is 23.4 Å². The van der Waals surface area contributed by atoms with E-state index in [4.69, 9.17) is 20.8 Å². The Labute approximate surface area is 184 Å². The molecule has 2 atom stereocenters. The third-order valence-corrected chi connectivity index (χ3v) is 6.23. The molecule has 1 N–H and O–H groups in total. The van der Waals surface area contributed by atoms with E-state index in [2.05, 4.69) is 15.5 Å². The van der Waals surface area contributed by atoms with Gasteiger partial charge in [-0.05, 0) is 56.2 Å². The van der Waals surface area contributed by atoms with Crippen LogP contribution in [0.5, 0.6) is 0 Å². The van der Waals surface area contributed by atoms with E-state index in [9.17, 15) is 4.79 Å². The Morgan fingerprint density at radius 3 is 2.87 bits per heavy atom. The smallest absolute Gasteiger partial charge is 0.233 e. The number of carbonyl (C=O) groups excluding carboxylic acids is 1. The van der Waals surface area contributed by atoms with Gasteiger partial charge in [0.05, 0.1) is 24.2 Å².